The first-order valence-corrected chi connectivity index (χ1v) is 8.35. The molecule has 0 heterocycles. The predicted octanol–water partition coefficient (Wildman–Crippen LogP) is -0.422. The van der Waals surface area contributed by atoms with E-state index < -0.39 is 5.82 Å². The van der Waals surface area contributed by atoms with Gasteiger partial charge >= 0.3 is 123 Å². The van der Waals surface area contributed by atoms with Crippen LogP contribution in [0.3, 0.4) is 0 Å². The molecule has 0 amide bonds. The number of methoxy groups -OCH3 is 1. The maximum absolute atomic E-state index is 13.7. The Hall–Kier alpha value is -1.18. The van der Waals surface area contributed by atoms with Gasteiger partial charge in [0, 0.05) is 0 Å². The summed E-state index contributed by atoms with van der Waals surface area (Å²) in [5.41, 5.74) is 6.78. The van der Waals surface area contributed by atoms with Crippen molar-refractivity contribution >= 4 is 17.6 Å². The fourth-order valence-corrected chi connectivity index (χ4v) is 2.81. The summed E-state index contributed by atoms with van der Waals surface area (Å²) in [5, 5.41) is 8.01. The maximum atomic E-state index is 13.7. The zero-order chi connectivity index (χ0) is 14.4. The van der Waals surface area contributed by atoms with E-state index in [-0.39, 0.29) is 32.9 Å². The minimum atomic E-state index is -0.435. The van der Waals surface area contributed by atoms with Crippen molar-refractivity contribution in [1.29, 1.82) is 5.41 Å². The molecular formula is C13H18FIN3O-. The molecule has 0 saturated carbocycles. The van der Waals surface area contributed by atoms with Crippen LogP contribution in [-0.2, 0) is 0 Å². The Morgan fingerprint density at radius 3 is 2.89 bits per heavy atom. The van der Waals surface area contributed by atoms with Crippen molar-refractivity contribution in [2.75, 3.05) is 17.3 Å². The van der Waals surface area contributed by atoms with E-state index in [1.807, 2.05) is 0 Å². The third kappa shape index (κ3) is 3.89. The van der Waals surface area contributed by atoms with Crippen LogP contribution in [0.2, 0.25) is 0 Å². The Bertz CT molecular complexity index is 503. The van der Waals surface area contributed by atoms with Crippen molar-refractivity contribution in [3.05, 3.63) is 23.0 Å². The van der Waals surface area contributed by atoms with Crippen molar-refractivity contribution in [3.8, 4) is 5.75 Å². The van der Waals surface area contributed by atoms with Gasteiger partial charge in [-0.05, 0) is 0 Å². The number of benzene rings is 1. The Morgan fingerprint density at radius 2 is 2.32 bits per heavy atom. The van der Waals surface area contributed by atoms with E-state index in [9.17, 15) is 4.39 Å². The normalized spacial score (nSPS) is 11.2. The van der Waals surface area contributed by atoms with Crippen LogP contribution < -0.4 is 31.9 Å². The van der Waals surface area contributed by atoms with Gasteiger partial charge in [-0.15, -0.1) is 0 Å². The number of halogens is 2. The van der Waals surface area contributed by atoms with E-state index in [1.54, 1.807) is 6.92 Å². The van der Waals surface area contributed by atoms with Gasteiger partial charge in [-0.2, -0.15) is 0 Å². The molecule has 19 heavy (non-hydrogen) atoms. The van der Waals surface area contributed by atoms with Crippen molar-refractivity contribution in [2.24, 2.45) is 3.21 Å². The van der Waals surface area contributed by atoms with E-state index in [1.165, 1.54) is 19.4 Å². The zero-order valence-electron chi connectivity index (χ0n) is 11.3. The van der Waals surface area contributed by atoms with Gasteiger partial charge in [0.15, 0.2) is 0 Å². The Labute approximate surface area is 123 Å². The number of rotatable bonds is 6. The summed E-state index contributed by atoms with van der Waals surface area (Å²) in [6, 6.07) is 1.21. The molecule has 106 valence electrons. The average Bonchev–Trinajstić information content (AvgIpc) is 2.38. The SMILES string of the molecule is CCC[I-]/N=C\C(=N)c1c(C)c(F)cc(N)c1OC. The van der Waals surface area contributed by atoms with E-state index >= 15 is 0 Å². The summed E-state index contributed by atoms with van der Waals surface area (Å²) in [7, 11) is 1.46. The van der Waals surface area contributed by atoms with Gasteiger partial charge in [0.05, 0.1) is 0 Å². The number of nitrogens with zero attached hydrogens (tertiary/aromatic N) is 1. The molecule has 0 unspecified atom stereocenters. The molecule has 4 nitrogen and oxygen atoms in total. The van der Waals surface area contributed by atoms with E-state index in [0.29, 0.717) is 16.9 Å². The standard InChI is InChI=1S/C13H18FIN3O/c1-4-5-15-18-7-11(17)12-8(2)9(14)6-10(16)13(12)19-3/h6-7,17H,4-5,16H2,1-3H3/q-1/b17-11?,18-7-. The molecule has 0 aliphatic heterocycles. The predicted molar refractivity (Wildman–Crippen MR) is 72.6 cm³/mol. The molecule has 0 saturated heterocycles. The molecule has 0 aliphatic carbocycles. The van der Waals surface area contributed by atoms with Gasteiger partial charge in [0.2, 0.25) is 0 Å². The van der Waals surface area contributed by atoms with E-state index in [2.05, 4.69) is 10.1 Å². The second-order valence-corrected chi connectivity index (χ2v) is 6.25. The van der Waals surface area contributed by atoms with Crippen LogP contribution >= 0.6 is 0 Å². The summed E-state index contributed by atoms with van der Waals surface area (Å²) < 4.78 is 24.2. The molecule has 0 aromatic heterocycles. The van der Waals surface area contributed by atoms with Crippen molar-refractivity contribution < 1.29 is 30.6 Å². The molecule has 1 aromatic carbocycles. The van der Waals surface area contributed by atoms with Crippen LogP contribution in [0.5, 0.6) is 5.75 Å². The monoisotopic (exact) mass is 378 g/mol. The zero-order valence-corrected chi connectivity index (χ0v) is 13.4. The van der Waals surface area contributed by atoms with Crippen LogP contribution in [0, 0.1) is 18.2 Å². The number of nitrogen functional groups attached to an aromatic ring is 1. The van der Waals surface area contributed by atoms with Crippen LogP contribution in [0.4, 0.5) is 10.1 Å². The molecule has 0 spiro atoms. The number of alkyl halides is 1. The Morgan fingerprint density at radius 1 is 1.63 bits per heavy atom. The summed E-state index contributed by atoms with van der Waals surface area (Å²) in [6.45, 7) is 3.71. The summed E-state index contributed by atoms with van der Waals surface area (Å²) in [5.74, 6) is -0.0984. The Balaban J connectivity index is 3.11. The fraction of sp³-hybridized carbons (Fsp3) is 0.385. The van der Waals surface area contributed by atoms with Crippen LogP contribution in [0.25, 0.3) is 0 Å². The molecule has 0 aliphatic rings. The van der Waals surface area contributed by atoms with Crippen LogP contribution in [-0.4, -0.2) is 23.5 Å². The molecule has 3 N–H and O–H groups in total. The number of ether oxygens (including phenoxy) is 1. The number of nitrogens with one attached hydrogen (secondary N) is 1. The topological polar surface area (TPSA) is 71.5 Å². The first-order valence-electron chi connectivity index (χ1n) is 5.86. The van der Waals surface area contributed by atoms with Crippen LogP contribution in [0.1, 0.15) is 24.5 Å². The molecular weight excluding hydrogens is 360 g/mol. The van der Waals surface area contributed by atoms with Gasteiger partial charge in [-0.3, -0.25) is 0 Å². The molecule has 0 atom stereocenters. The molecule has 0 radical (unpaired) electrons. The average molecular weight is 378 g/mol. The number of anilines is 1. The third-order valence-corrected chi connectivity index (χ3v) is 4.73. The van der Waals surface area contributed by atoms with Crippen molar-refractivity contribution in [3.63, 3.8) is 0 Å². The molecule has 0 bridgehead atoms. The Kier molecular flexibility index (Phi) is 6.20. The van der Waals surface area contributed by atoms with Gasteiger partial charge in [0.25, 0.3) is 0 Å². The quantitative estimate of drug-likeness (QED) is 0.232. The number of hydrogen-bond acceptors (Lipinski definition) is 4. The van der Waals surface area contributed by atoms with Gasteiger partial charge < -0.3 is 0 Å². The van der Waals surface area contributed by atoms with E-state index in [0.717, 1.165) is 10.8 Å². The summed E-state index contributed by atoms with van der Waals surface area (Å²) in [4.78, 5) is 0. The number of nitrogens with two attached hydrogens (primary N) is 1. The summed E-state index contributed by atoms with van der Waals surface area (Å²) >= 11 is -0.278. The minimum absolute atomic E-state index is 0.136. The molecule has 1 aromatic rings. The summed E-state index contributed by atoms with van der Waals surface area (Å²) in [6.07, 6.45) is 2.57. The third-order valence-electron chi connectivity index (χ3n) is 2.50. The van der Waals surface area contributed by atoms with E-state index in [4.69, 9.17) is 15.9 Å². The first-order chi connectivity index (χ1) is 9.02. The first kappa shape index (κ1) is 15.9. The fourth-order valence-electron chi connectivity index (χ4n) is 1.57. The molecule has 0 fully saturated rings. The molecule has 6 heteroatoms. The van der Waals surface area contributed by atoms with Gasteiger partial charge in [-0.25, -0.2) is 0 Å². The van der Waals surface area contributed by atoms with Gasteiger partial charge in [0.1, 0.15) is 0 Å². The molecule has 1 rings (SSSR count). The number of hydrogen-bond donors (Lipinski definition) is 2. The van der Waals surface area contributed by atoms with Crippen molar-refractivity contribution in [2.45, 2.75) is 20.3 Å². The van der Waals surface area contributed by atoms with Crippen molar-refractivity contribution in [1.82, 2.24) is 0 Å². The van der Waals surface area contributed by atoms with Gasteiger partial charge in [-0.1, -0.05) is 0 Å². The second kappa shape index (κ2) is 7.42. The second-order valence-electron chi connectivity index (χ2n) is 3.93. The van der Waals surface area contributed by atoms with Crippen LogP contribution in [0.15, 0.2) is 9.27 Å².